The number of benzene rings is 1. The van der Waals surface area contributed by atoms with Gasteiger partial charge in [-0.05, 0) is 32.4 Å². The van der Waals surface area contributed by atoms with Gasteiger partial charge in [-0.1, -0.05) is 18.2 Å². The number of likely N-dealkylation sites (N-methyl/N-ethyl adjacent to an activating group) is 1. The van der Waals surface area contributed by atoms with Crippen molar-refractivity contribution in [3.63, 3.8) is 0 Å². The van der Waals surface area contributed by atoms with Gasteiger partial charge in [-0.3, -0.25) is 9.59 Å². The molecule has 108 valence electrons. The molecule has 0 radical (unpaired) electrons. The summed E-state index contributed by atoms with van der Waals surface area (Å²) in [4.78, 5) is 27.6. The highest BCUT2D eigenvalue weighted by molar-refractivity contribution is 6.01. The van der Waals surface area contributed by atoms with Crippen molar-refractivity contribution >= 4 is 17.5 Å². The Labute approximate surface area is 118 Å². The molecule has 1 aliphatic heterocycles. The van der Waals surface area contributed by atoms with Crippen LogP contribution in [0.4, 0.5) is 5.69 Å². The normalized spacial score (nSPS) is 20.1. The van der Waals surface area contributed by atoms with Crippen LogP contribution in [-0.4, -0.2) is 47.1 Å². The Kier molecular flexibility index (Phi) is 4.39. The van der Waals surface area contributed by atoms with Crippen molar-refractivity contribution in [3.05, 3.63) is 30.3 Å². The van der Waals surface area contributed by atoms with Crippen molar-refractivity contribution in [3.8, 4) is 0 Å². The van der Waals surface area contributed by atoms with Crippen LogP contribution >= 0.6 is 0 Å². The van der Waals surface area contributed by atoms with E-state index in [1.807, 2.05) is 37.3 Å². The van der Waals surface area contributed by atoms with Crippen LogP contribution in [0.3, 0.4) is 0 Å². The van der Waals surface area contributed by atoms with E-state index < -0.39 is 12.1 Å². The minimum absolute atomic E-state index is 0.0768. The summed E-state index contributed by atoms with van der Waals surface area (Å²) in [5.74, 6) is -0.465. The average Bonchev–Trinajstić information content (AvgIpc) is 2.82. The Morgan fingerprint density at radius 2 is 2.10 bits per heavy atom. The molecule has 2 atom stereocenters. The third-order valence-corrected chi connectivity index (χ3v) is 3.60. The van der Waals surface area contributed by atoms with Crippen molar-refractivity contribution in [2.24, 2.45) is 0 Å². The molecule has 0 aromatic heterocycles. The highest BCUT2D eigenvalue weighted by Crippen LogP contribution is 2.24. The molecule has 1 N–H and O–H groups in total. The third kappa shape index (κ3) is 2.67. The summed E-state index contributed by atoms with van der Waals surface area (Å²) < 4.78 is 0. The van der Waals surface area contributed by atoms with Crippen molar-refractivity contribution < 1.29 is 14.7 Å². The summed E-state index contributed by atoms with van der Waals surface area (Å²) >= 11 is 0. The average molecular weight is 276 g/mol. The molecule has 0 spiro atoms. The highest BCUT2D eigenvalue weighted by atomic mass is 16.3. The molecule has 1 heterocycles. The maximum absolute atomic E-state index is 12.5. The molecule has 20 heavy (non-hydrogen) atoms. The first kappa shape index (κ1) is 14.5. The van der Waals surface area contributed by atoms with E-state index in [1.165, 1.54) is 11.8 Å². The molecule has 1 aromatic carbocycles. The lowest BCUT2D eigenvalue weighted by molar-refractivity contribution is -0.144. The standard InChI is InChI=1S/C15H20N2O3/c1-3-16(14(19)11(2)18)13-9-10-17(15(13)20)12-7-5-4-6-8-12/h4-8,11,13,18H,3,9-10H2,1-2H3. The maximum atomic E-state index is 12.5. The second-order valence-electron chi connectivity index (χ2n) is 4.93. The summed E-state index contributed by atoms with van der Waals surface area (Å²) in [6.07, 6.45) is -0.478. The number of aliphatic hydroxyl groups excluding tert-OH is 1. The molecule has 0 saturated carbocycles. The Bertz CT molecular complexity index is 487. The van der Waals surface area contributed by atoms with Crippen LogP contribution in [-0.2, 0) is 9.59 Å². The summed E-state index contributed by atoms with van der Waals surface area (Å²) in [7, 11) is 0. The third-order valence-electron chi connectivity index (χ3n) is 3.60. The molecule has 1 aliphatic rings. The summed E-state index contributed by atoms with van der Waals surface area (Å²) in [6, 6.07) is 8.96. The van der Waals surface area contributed by atoms with Gasteiger partial charge in [-0.25, -0.2) is 0 Å². The number of para-hydroxylation sites is 1. The molecule has 0 aliphatic carbocycles. The SMILES string of the molecule is CCN(C(=O)C(C)O)C1CCN(c2ccccc2)C1=O. The second-order valence-corrected chi connectivity index (χ2v) is 4.93. The number of carbonyl (C=O) groups is 2. The van der Waals surface area contributed by atoms with Crippen LogP contribution in [0.25, 0.3) is 0 Å². The number of aliphatic hydroxyl groups is 1. The number of hydrogen-bond acceptors (Lipinski definition) is 3. The van der Waals surface area contributed by atoms with Crippen LogP contribution in [0.5, 0.6) is 0 Å². The van der Waals surface area contributed by atoms with E-state index in [-0.39, 0.29) is 11.8 Å². The second kappa shape index (κ2) is 6.05. The van der Waals surface area contributed by atoms with Gasteiger partial charge in [-0.2, -0.15) is 0 Å². The molecule has 2 unspecified atom stereocenters. The molecule has 1 aromatic rings. The monoisotopic (exact) mass is 276 g/mol. The quantitative estimate of drug-likeness (QED) is 0.893. The molecule has 5 heteroatoms. The van der Waals surface area contributed by atoms with E-state index >= 15 is 0 Å². The van der Waals surface area contributed by atoms with Crippen LogP contribution < -0.4 is 4.90 Å². The van der Waals surface area contributed by atoms with Crippen molar-refractivity contribution in [1.29, 1.82) is 0 Å². The first-order valence-electron chi connectivity index (χ1n) is 6.91. The minimum atomic E-state index is -1.08. The van der Waals surface area contributed by atoms with E-state index in [4.69, 9.17) is 0 Å². The molecule has 2 rings (SSSR count). The van der Waals surface area contributed by atoms with Gasteiger partial charge in [0.1, 0.15) is 12.1 Å². The first-order valence-corrected chi connectivity index (χ1v) is 6.91. The fourth-order valence-electron chi connectivity index (χ4n) is 2.59. The fraction of sp³-hybridized carbons (Fsp3) is 0.467. The fourth-order valence-corrected chi connectivity index (χ4v) is 2.59. The minimum Gasteiger partial charge on any atom is -0.384 e. The van der Waals surface area contributed by atoms with Gasteiger partial charge in [0.05, 0.1) is 0 Å². The van der Waals surface area contributed by atoms with E-state index in [9.17, 15) is 14.7 Å². The van der Waals surface area contributed by atoms with Gasteiger partial charge in [0.2, 0.25) is 5.91 Å². The number of hydrogen-bond donors (Lipinski definition) is 1. The van der Waals surface area contributed by atoms with E-state index in [1.54, 1.807) is 4.90 Å². The number of rotatable bonds is 4. The van der Waals surface area contributed by atoms with Crippen LogP contribution in [0, 0.1) is 0 Å². The van der Waals surface area contributed by atoms with Gasteiger partial charge in [0.15, 0.2) is 0 Å². The molecule has 1 saturated heterocycles. The van der Waals surface area contributed by atoms with Crippen LogP contribution in [0.15, 0.2) is 30.3 Å². The Hall–Kier alpha value is -1.88. The molecular formula is C15H20N2O3. The Morgan fingerprint density at radius 1 is 1.45 bits per heavy atom. The Balaban J connectivity index is 2.16. The van der Waals surface area contributed by atoms with Gasteiger partial charge < -0.3 is 14.9 Å². The van der Waals surface area contributed by atoms with E-state index in [2.05, 4.69) is 0 Å². The van der Waals surface area contributed by atoms with Gasteiger partial charge >= 0.3 is 0 Å². The van der Waals surface area contributed by atoms with Gasteiger partial charge in [-0.15, -0.1) is 0 Å². The molecule has 1 fully saturated rings. The lowest BCUT2D eigenvalue weighted by Gasteiger charge is -2.28. The zero-order valence-electron chi connectivity index (χ0n) is 11.8. The number of anilines is 1. The molecule has 2 amide bonds. The number of carbonyl (C=O) groups excluding carboxylic acids is 2. The lowest BCUT2D eigenvalue weighted by Crippen LogP contribution is -2.48. The van der Waals surface area contributed by atoms with Gasteiger partial charge in [0, 0.05) is 18.8 Å². The highest BCUT2D eigenvalue weighted by Gasteiger charge is 2.38. The maximum Gasteiger partial charge on any atom is 0.251 e. The molecular weight excluding hydrogens is 256 g/mol. The van der Waals surface area contributed by atoms with E-state index in [0.29, 0.717) is 19.5 Å². The predicted octanol–water partition coefficient (Wildman–Crippen LogP) is 1.02. The van der Waals surface area contributed by atoms with E-state index in [0.717, 1.165) is 5.69 Å². The smallest absolute Gasteiger partial charge is 0.251 e. The van der Waals surface area contributed by atoms with Crippen LogP contribution in [0.2, 0.25) is 0 Å². The number of nitrogens with zero attached hydrogens (tertiary/aromatic N) is 2. The molecule has 5 nitrogen and oxygen atoms in total. The Morgan fingerprint density at radius 3 is 2.65 bits per heavy atom. The largest absolute Gasteiger partial charge is 0.384 e. The lowest BCUT2D eigenvalue weighted by atomic mass is 10.2. The summed E-state index contributed by atoms with van der Waals surface area (Å²) in [6.45, 7) is 4.26. The molecule has 0 bridgehead atoms. The van der Waals surface area contributed by atoms with Crippen molar-refractivity contribution in [1.82, 2.24) is 4.90 Å². The van der Waals surface area contributed by atoms with Crippen LogP contribution in [0.1, 0.15) is 20.3 Å². The first-order chi connectivity index (χ1) is 9.56. The predicted molar refractivity (Wildman–Crippen MR) is 76.3 cm³/mol. The summed E-state index contributed by atoms with van der Waals surface area (Å²) in [5.41, 5.74) is 0.848. The van der Waals surface area contributed by atoms with Crippen molar-refractivity contribution in [2.75, 3.05) is 18.0 Å². The summed E-state index contributed by atoms with van der Waals surface area (Å²) in [5, 5.41) is 9.44. The zero-order chi connectivity index (χ0) is 14.7. The zero-order valence-corrected chi connectivity index (χ0v) is 11.8. The van der Waals surface area contributed by atoms with Gasteiger partial charge in [0.25, 0.3) is 5.91 Å². The topological polar surface area (TPSA) is 60.9 Å². The van der Waals surface area contributed by atoms with Crippen molar-refractivity contribution in [2.45, 2.75) is 32.4 Å². The number of amides is 2.